The predicted molar refractivity (Wildman–Crippen MR) is 49.7 cm³/mol. The smallest absolute Gasteiger partial charge is 0.240 e. The number of nitrogens with one attached hydrogen (secondary N) is 1. The third-order valence-corrected chi connectivity index (χ3v) is 2.94. The van der Waals surface area contributed by atoms with Crippen molar-refractivity contribution in [2.45, 2.75) is 13.5 Å². The molecule has 0 fully saturated rings. The third kappa shape index (κ3) is 2.92. The molecule has 0 bridgehead atoms. The summed E-state index contributed by atoms with van der Waals surface area (Å²) < 4.78 is 26.0. The highest BCUT2D eigenvalue weighted by molar-refractivity contribution is 7.89. The molecule has 0 saturated carbocycles. The van der Waals surface area contributed by atoms with Crippen LogP contribution in [0.25, 0.3) is 0 Å². The van der Waals surface area contributed by atoms with Gasteiger partial charge in [0, 0.05) is 6.54 Å². The third-order valence-electron chi connectivity index (χ3n) is 1.50. The molecule has 0 atom stereocenters. The molecule has 0 aliphatic carbocycles. The molecule has 0 radical (unpaired) electrons. The lowest BCUT2D eigenvalue weighted by atomic mass is 10.7. The van der Waals surface area contributed by atoms with E-state index in [2.05, 4.69) is 20.2 Å². The van der Waals surface area contributed by atoms with Gasteiger partial charge in [-0.1, -0.05) is 12.0 Å². The zero-order valence-corrected chi connectivity index (χ0v) is 8.53. The van der Waals surface area contributed by atoms with Gasteiger partial charge in [0.25, 0.3) is 0 Å². The van der Waals surface area contributed by atoms with E-state index in [0.29, 0.717) is 6.54 Å². The first-order chi connectivity index (χ1) is 6.55. The minimum absolute atomic E-state index is 0.0872. The molecule has 0 aliphatic rings. The number of aryl methyl sites for hydroxylation is 1. The van der Waals surface area contributed by atoms with Crippen molar-refractivity contribution in [2.24, 2.45) is 0 Å². The van der Waals surface area contributed by atoms with Gasteiger partial charge in [0.15, 0.2) is 0 Å². The molecular formula is C5H12N6O2S. The number of sulfonamides is 1. The van der Waals surface area contributed by atoms with Crippen molar-refractivity contribution in [2.75, 3.05) is 18.0 Å². The molecule has 80 valence electrons. The summed E-state index contributed by atoms with van der Waals surface area (Å²) in [4.78, 5) is 0. The lowest BCUT2D eigenvalue weighted by molar-refractivity contribution is 0.566. The molecule has 0 saturated heterocycles. The largest absolute Gasteiger partial charge is 0.367 e. The van der Waals surface area contributed by atoms with Gasteiger partial charge in [-0.15, -0.1) is 0 Å². The summed E-state index contributed by atoms with van der Waals surface area (Å²) in [5, 5.41) is 10.2. The van der Waals surface area contributed by atoms with Crippen molar-refractivity contribution in [3.05, 3.63) is 0 Å². The molecule has 0 unspecified atom stereocenters. The van der Waals surface area contributed by atoms with E-state index in [1.54, 1.807) is 6.92 Å². The Morgan fingerprint density at radius 3 is 2.79 bits per heavy atom. The number of tetrazole rings is 1. The molecule has 3 N–H and O–H groups in total. The molecule has 1 aromatic rings. The fourth-order valence-electron chi connectivity index (χ4n) is 0.870. The zero-order valence-electron chi connectivity index (χ0n) is 7.71. The van der Waals surface area contributed by atoms with Crippen molar-refractivity contribution in [3.63, 3.8) is 0 Å². The van der Waals surface area contributed by atoms with Gasteiger partial charge in [0.1, 0.15) is 0 Å². The summed E-state index contributed by atoms with van der Waals surface area (Å²) in [6.07, 6.45) is 0. The summed E-state index contributed by atoms with van der Waals surface area (Å²) in [7, 11) is -3.25. The minimum Gasteiger partial charge on any atom is -0.367 e. The molecule has 9 heteroatoms. The van der Waals surface area contributed by atoms with E-state index in [0.717, 1.165) is 0 Å². The second-order valence-corrected chi connectivity index (χ2v) is 4.50. The van der Waals surface area contributed by atoms with Gasteiger partial charge in [-0.3, -0.25) is 0 Å². The van der Waals surface area contributed by atoms with Crippen LogP contribution < -0.4 is 10.5 Å². The van der Waals surface area contributed by atoms with Crippen molar-refractivity contribution in [3.8, 4) is 0 Å². The molecule has 1 aromatic heterocycles. The second-order valence-electron chi connectivity index (χ2n) is 2.58. The Morgan fingerprint density at radius 2 is 2.29 bits per heavy atom. The van der Waals surface area contributed by atoms with Gasteiger partial charge in [-0.2, -0.15) is 0 Å². The van der Waals surface area contributed by atoms with E-state index >= 15 is 0 Å². The first-order valence-electron chi connectivity index (χ1n) is 4.04. The maximum Gasteiger partial charge on any atom is 0.240 e. The number of nitrogens with two attached hydrogens (primary N) is 1. The van der Waals surface area contributed by atoms with Gasteiger partial charge in [0.05, 0.1) is 12.3 Å². The molecule has 1 heterocycles. The summed E-state index contributed by atoms with van der Waals surface area (Å²) in [5.41, 5.74) is 5.36. The van der Waals surface area contributed by atoms with Crippen molar-refractivity contribution in [1.82, 2.24) is 24.9 Å². The van der Waals surface area contributed by atoms with Crippen LogP contribution in [0.1, 0.15) is 6.92 Å². The first kappa shape index (κ1) is 10.9. The second kappa shape index (κ2) is 4.33. The van der Waals surface area contributed by atoms with Crippen molar-refractivity contribution < 1.29 is 8.42 Å². The molecule has 8 nitrogen and oxygen atoms in total. The number of hydrogen-bond donors (Lipinski definition) is 2. The maximum absolute atomic E-state index is 11.2. The highest BCUT2D eigenvalue weighted by atomic mass is 32.2. The fraction of sp³-hybridized carbons (Fsp3) is 0.800. The Hall–Kier alpha value is -1.22. The SMILES string of the molecule is CCNS(=O)(=O)CCn1nnnc1N. The molecule has 0 spiro atoms. The van der Waals surface area contributed by atoms with Crippen molar-refractivity contribution >= 4 is 16.0 Å². The van der Waals surface area contributed by atoms with Crippen LogP contribution in [-0.2, 0) is 16.6 Å². The summed E-state index contributed by atoms with van der Waals surface area (Å²) in [6.45, 7) is 2.23. The topological polar surface area (TPSA) is 116 Å². The Morgan fingerprint density at radius 1 is 1.57 bits per heavy atom. The molecule has 0 amide bonds. The van der Waals surface area contributed by atoms with Crippen LogP contribution in [0.5, 0.6) is 0 Å². The number of nitrogens with zero attached hydrogens (tertiary/aromatic N) is 4. The van der Waals surface area contributed by atoms with E-state index in [9.17, 15) is 8.42 Å². The summed E-state index contributed by atoms with van der Waals surface area (Å²) >= 11 is 0. The van der Waals surface area contributed by atoms with Crippen LogP contribution in [0, 0.1) is 0 Å². The lowest BCUT2D eigenvalue weighted by Gasteiger charge is -2.03. The zero-order chi connectivity index (χ0) is 10.6. The fourth-order valence-corrected chi connectivity index (χ4v) is 1.87. The normalized spacial score (nSPS) is 11.8. The summed E-state index contributed by atoms with van der Waals surface area (Å²) in [6, 6.07) is 0. The quantitative estimate of drug-likeness (QED) is 0.604. The Bertz CT molecular complexity index is 385. The average molecular weight is 220 g/mol. The van der Waals surface area contributed by atoms with E-state index in [-0.39, 0.29) is 18.2 Å². The Labute approximate surface area is 81.5 Å². The molecule has 1 rings (SSSR count). The number of anilines is 1. The van der Waals surface area contributed by atoms with Gasteiger partial charge in [-0.25, -0.2) is 17.8 Å². The van der Waals surface area contributed by atoms with Crippen LogP contribution in [0.4, 0.5) is 5.95 Å². The maximum atomic E-state index is 11.2. The number of rotatable bonds is 5. The molecule has 0 aliphatic heterocycles. The summed E-state index contributed by atoms with van der Waals surface area (Å²) in [5.74, 6) is 0.0208. The molecular weight excluding hydrogens is 208 g/mol. The molecule has 0 aromatic carbocycles. The highest BCUT2D eigenvalue weighted by Crippen LogP contribution is 1.93. The van der Waals surface area contributed by atoms with E-state index in [4.69, 9.17) is 5.73 Å². The number of hydrogen-bond acceptors (Lipinski definition) is 6. The van der Waals surface area contributed by atoms with Crippen molar-refractivity contribution in [1.29, 1.82) is 0 Å². The average Bonchev–Trinajstić information content (AvgIpc) is 2.48. The van der Waals surface area contributed by atoms with E-state index in [1.165, 1.54) is 4.68 Å². The van der Waals surface area contributed by atoms with Gasteiger partial charge in [0.2, 0.25) is 16.0 Å². The van der Waals surface area contributed by atoms with Crippen LogP contribution in [0.3, 0.4) is 0 Å². The lowest BCUT2D eigenvalue weighted by Crippen LogP contribution is -2.28. The number of aromatic nitrogens is 4. The predicted octanol–water partition coefficient (Wildman–Crippen LogP) is -1.81. The van der Waals surface area contributed by atoms with E-state index in [1.807, 2.05) is 0 Å². The van der Waals surface area contributed by atoms with Gasteiger partial charge >= 0.3 is 0 Å². The van der Waals surface area contributed by atoms with E-state index < -0.39 is 10.0 Å². The van der Waals surface area contributed by atoms with Gasteiger partial charge < -0.3 is 5.73 Å². The van der Waals surface area contributed by atoms with Crippen LogP contribution in [0.15, 0.2) is 0 Å². The van der Waals surface area contributed by atoms with Crippen LogP contribution in [0.2, 0.25) is 0 Å². The van der Waals surface area contributed by atoms with Gasteiger partial charge in [-0.05, 0) is 10.4 Å². The van der Waals surface area contributed by atoms with Crippen LogP contribution >= 0.6 is 0 Å². The van der Waals surface area contributed by atoms with Crippen LogP contribution in [-0.4, -0.2) is 40.9 Å². The minimum atomic E-state index is -3.25. The standard InChI is InChI=1S/C5H12N6O2S/c1-2-7-14(12,13)4-3-11-5(6)8-9-10-11/h7H,2-4H2,1H3,(H2,6,8,10). The Balaban J connectivity index is 2.53. The monoisotopic (exact) mass is 220 g/mol. The Kier molecular flexibility index (Phi) is 3.36. The number of nitrogen functional groups attached to an aromatic ring is 1. The molecule has 14 heavy (non-hydrogen) atoms. The highest BCUT2D eigenvalue weighted by Gasteiger charge is 2.10. The first-order valence-corrected chi connectivity index (χ1v) is 5.69.